The first-order valence-corrected chi connectivity index (χ1v) is 10.1. The van der Waals surface area contributed by atoms with E-state index in [0.717, 1.165) is 5.56 Å². The number of nitrogens with two attached hydrogens (primary N) is 1. The van der Waals surface area contributed by atoms with Gasteiger partial charge >= 0.3 is 0 Å². The number of pyridine rings is 1. The number of amides is 2. The third-order valence-electron chi connectivity index (χ3n) is 4.66. The number of nitrogens with one attached hydrogen (secondary N) is 3. The van der Waals surface area contributed by atoms with Crippen LogP contribution < -0.4 is 21.7 Å². The highest BCUT2D eigenvalue weighted by Gasteiger charge is 2.21. The van der Waals surface area contributed by atoms with Crippen LogP contribution in [0, 0.1) is 0 Å². The van der Waals surface area contributed by atoms with Crippen molar-refractivity contribution in [2.45, 2.75) is 12.8 Å². The van der Waals surface area contributed by atoms with Crippen molar-refractivity contribution in [2.24, 2.45) is 5.73 Å². The highest BCUT2D eigenvalue weighted by molar-refractivity contribution is 6.31. The van der Waals surface area contributed by atoms with Crippen molar-refractivity contribution >= 4 is 40.9 Å². The maximum atomic E-state index is 12.2. The number of aromatic nitrogens is 3. The van der Waals surface area contributed by atoms with Gasteiger partial charge in [-0.1, -0.05) is 11.6 Å². The summed E-state index contributed by atoms with van der Waals surface area (Å²) >= 11 is 6.08. The Labute approximate surface area is 183 Å². The Morgan fingerprint density at radius 1 is 1.19 bits per heavy atom. The zero-order valence-electron chi connectivity index (χ0n) is 16.5. The number of carbonyl (C=O) groups is 2. The molecule has 158 valence electrons. The first kappa shape index (κ1) is 20.7. The van der Waals surface area contributed by atoms with E-state index >= 15 is 0 Å². The molecule has 31 heavy (non-hydrogen) atoms. The van der Waals surface area contributed by atoms with Gasteiger partial charge in [0.25, 0.3) is 5.91 Å². The second kappa shape index (κ2) is 9.07. The second-order valence-electron chi connectivity index (χ2n) is 6.94. The van der Waals surface area contributed by atoms with E-state index in [4.69, 9.17) is 17.3 Å². The van der Waals surface area contributed by atoms with Crippen LogP contribution in [0.2, 0.25) is 5.02 Å². The van der Waals surface area contributed by atoms with Gasteiger partial charge in [-0.25, -0.2) is 15.0 Å². The van der Waals surface area contributed by atoms with Crippen LogP contribution >= 0.6 is 11.6 Å². The molecule has 3 aromatic rings. The number of fused-ring (bicyclic) bond motifs is 3. The Kier molecular flexibility index (Phi) is 6.06. The normalized spacial score (nSPS) is 12.3. The average Bonchev–Trinajstić information content (AvgIpc) is 2.89. The van der Waals surface area contributed by atoms with Gasteiger partial charge in [-0.15, -0.1) is 0 Å². The lowest BCUT2D eigenvalue weighted by Crippen LogP contribution is -2.26. The summed E-state index contributed by atoms with van der Waals surface area (Å²) in [5.41, 5.74) is 8.58. The maximum absolute atomic E-state index is 12.2. The average molecular weight is 438 g/mol. The maximum Gasteiger partial charge on any atom is 0.252 e. The molecule has 0 aliphatic carbocycles. The summed E-state index contributed by atoms with van der Waals surface area (Å²) in [5, 5.41) is 9.18. The van der Waals surface area contributed by atoms with E-state index in [2.05, 4.69) is 30.9 Å². The van der Waals surface area contributed by atoms with Gasteiger partial charge in [0.2, 0.25) is 11.9 Å². The van der Waals surface area contributed by atoms with E-state index < -0.39 is 0 Å². The molecule has 1 aromatic carbocycles. The van der Waals surface area contributed by atoms with Gasteiger partial charge in [0.15, 0.2) is 0 Å². The molecule has 10 heteroatoms. The summed E-state index contributed by atoms with van der Waals surface area (Å²) in [4.78, 5) is 37.4. The van der Waals surface area contributed by atoms with Crippen molar-refractivity contribution in [1.82, 2.24) is 20.3 Å². The van der Waals surface area contributed by atoms with Gasteiger partial charge in [0, 0.05) is 35.1 Å². The number of anilines is 3. The molecule has 0 spiro atoms. The van der Waals surface area contributed by atoms with Crippen LogP contribution in [0.5, 0.6) is 0 Å². The molecule has 3 heterocycles. The standard InChI is InChI=1S/C21H20ClN7O2/c22-14-3-4-15-16(9-14)27-18(30)8-13-11-26-21(29-19(13)15)28-17-5-2-12(10-25-17)20(31)24-7-1-6-23/h2-5,9-11H,1,6-8,23H2,(H,24,31)(H,27,30)(H,25,26,28,29). The van der Waals surface area contributed by atoms with E-state index in [0.29, 0.717) is 58.8 Å². The van der Waals surface area contributed by atoms with Crippen LogP contribution in [0.25, 0.3) is 11.3 Å². The van der Waals surface area contributed by atoms with Gasteiger partial charge < -0.3 is 21.7 Å². The smallest absolute Gasteiger partial charge is 0.252 e. The molecule has 4 rings (SSSR count). The third kappa shape index (κ3) is 4.79. The number of nitrogens with zero attached hydrogens (tertiary/aromatic N) is 3. The molecule has 0 saturated carbocycles. The summed E-state index contributed by atoms with van der Waals surface area (Å²) in [6, 6.07) is 8.59. The Morgan fingerprint density at radius 2 is 2.06 bits per heavy atom. The highest BCUT2D eigenvalue weighted by Crippen LogP contribution is 2.34. The van der Waals surface area contributed by atoms with Gasteiger partial charge in [0.1, 0.15) is 5.82 Å². The topological polar surface area (TPSA) is 135 Å². The minimum atomic E-state index is -0.207. The van der Waals surface area contributed by atoms with E-state index in [1.54, 1.807) is 30.5 Å². The molecule has 0 fully saturated rings. The Morgan fingerprint density at radius 3 is 2.84 bits per heavy atom. The van der Waals surface area contributed by atoms with Crippen LogP contribution in [0.3, 0.4) is 0 Å². The summed E-state index contributed by atoms with van der Waals surface area (Å²) in [5.74, 6) is 0.439. The van der Waals surface area contributed by atoms with Gasteiger partial charge in [0.05, 0.1) is 23.4 Å². The molecule has 9 nitrogen and oxygen atoms in total. The number of hydrogen-bond acceptors (Lipinski definition) is 7. The predicted molar refractivity (Wildman–Crippen MR) is 118 cm³/mol. The Hall–Kier alpha value is -3.56. The van der Waals surface area contributed by atoms with E-state index in [1.165, 1.54) is 6.20 Å². The highest BCUT2D eigenvalue weighted by atomic mass is 35.5. The molecule has 0 unspecified atom stereocenters. The van der Waals surface area contributed by atoms with Crippen LogP contribution in [0.1, 0.15) is 22.3 Å². The zero-order chi connectivity index (χ0) is 21.8. The lowest BCUT2D eigenvalue weighted by atomic mass is 10.1. The minimum absolute atomic E-state index is 0.159. The van der Waals surface area contributed by atoms with Gasteiger partial charge in [-0.05, 0) is 43.3 Å². The molecular weight excluding hydrogens is 418 g/mol. The fourth-order valence-corrected chi connectivity index (χ4v) is 3.32. The summed E-state index contributed by atoms with van der Waals surface area (Å²) in [6.07, 6.45) is 3.97. The van der Waals surface area contributed by atoms with Gasteiger partial charge in [-0.2, -0.15) is 0 Å². The number of benzene rings is 1. The van der Waals surface area contributed by atoms with Crippen molar-refractivity contribution in [2.75, 3.05) is 23.7 Å². The first-order chi connectivity index (χ1) is 15.0. The largest absolute Gasteiger partial charge is 0.352 e. The molecule has 0 bridgehead atoms. The van der Waals surface area contributed by atoms with Crippen molar-refractivity contribution < 1.29 is 9.59 Å². The molecule has 0 saturated heterocycles. The molecule has 1 aliphatic rings. The lowest BCUT2D eigenvalue weighted by molar-refractivity contribution is -0.115. The third-order valence-corrected chi connectivity index (χ3v) is 4.89. The van der Waals surface area contributed by atoms with Gasteiger partial charge in [-0.3, -0.25) is 9.59 Å². The fraction of sp³-hybridized carbons (Fsp3) is 0.190. The molecule has 1 aliphatic heterocycles. The zero-order valence-corrected chi connectivity index (χ0v) is 17.2. The van der Waals surface area contributed by atoms with Crippen LogP contribution in [-0.4, -0.2) is 39.9 Å². The van der Waals surface area contributed by atoms with Crippen molar-refractivity contribution in [1.29, 1.82) is 0 Å². The molecule has 0 atom stereocenters. The summed E-state index contributed by atoms with van der Waals surface area (Å²) in [6.45, 7) is 1.03. The van der Waals surface area contributed by atoms with Crippen molar-refractivity contribution in [3.8, 4) is 11.3 Å². The SMILES string of the molecule is NCCCNC(=O)c1ccc(Nc2ncc3c(n2)-c2ccc(Cl)cc2NC(=O)C3)nc1. The Bertz CT molecular complexity index is 1140. The van der Waals surface area contributed by atoms with E-state index in [1.807, 2.05) is 6.07 Å². The van der Waals surface area contributed by atoms with Crippen LogP contribution in [-0.2, 0) is 11.2 Å². The fourth-order valence-electron chi connectivity index (χ4n) is 3.15. The van der Waals surface area contributed by atoms with Crippen molar-refractivity contribution in [3.05, 3.63) is 58.9 Å². The predicted octanol–water partition coefficient (Wildman–Crippen LogP) is 2.51. The number of halogens is 1. The lowest BCUT2D eigenvalue weighted by Gasteiger charge is -2.11. The van der Waals surface area contributed by atoms with Crippen LogP contribution in [0.4, 0.5) is 17.5 Å². The molecule has 0 radical (unpaired) electrons. The summed E-state index contributed by atoms with van der Waals surface area (Å²) < 4.78 is 0. The number of hydrogen-bond donors (Lipinski definition) is 4. The summed E-state index contributed by atoms with van der Waals surface area (Å²) in [7, 11) is 0. The second-order valence-corrected chi connectivity index (χ2v) is 7.37. The number of rotatable bonds is 6. The monoisotopic (exact) mass is 437 g/mol. The molecule has 2 amide bonds. The van der Waals surface area contributed by atoms with E-state index in [9.17, 15) is 9.59 Å². The number of carbonyl (C=O) groups excluding carboxylic acids is 2. The molecule has 5 N–H and O–H groups in total. The van der Waals surface area contributed by atoms with Crippen LogP contribution in [0.15, 0.2) is 42.7 Å². The molecule has 2 aromatic heterocycles. The van der Waals surface area contributed by atoms with Crippen molar-refractivity contribution in [3.63, 3.8) is 0 Å². The Balaban J connectivity index is 1.55. The first-order valence-electron chi connectivity index (χ1n) is 9.70. The molecular formula is C21H20ClN7O2. The minimum Gasteiger partial charge on any atom is -0.352 e. The quantitative estimate of drug-likeness (QED) is 0.435. The van der Waals surface area contributed by atoms with E-state index in [-0.39, 0.29) is 18.2 Å².